The third-order valence-corrected chi connectivity index (χ3v) is 9.16. The first kappa shape index (κ1) is 23.8. The summed E-state index contributed by atoms with van der Waals surface area (Å²) in [5.41, 5.74) is 1.76. The number of benzene rings is 2. The van der Waals surface area contributed by atoms with E-state index in [0.29, 0.717) is 41.6 Å². The molecule has 2 fully saturated rings. The molecule has 0 unspecified atom stereocenters. The van der Waals surface area contributed by atoms with E-state index in [1.165, 1.54) is 36.0 Å². The predicted octanol–water partition coefficient (Wildman–Crippen LogP) is 4.12. The molecule has 2 aliphatic rings. The predicted molar refractivity (Wildman–Crippen MR) is 134 cm³/mol. The number of anilines is 1. The summed E-state index contributed by atoms with van der Waals surface area (Å²) in [6.07, 6.45) is 5.53. The molecular weight excluding hydrogens is 466 g/mol. The lowest BCUT2D eigenvalue weighted by Gasteiger charge is -2.28. The first-order valence-electron chi connectivity index (χ1n) is 12.3. The van der Waals surface area contributed by atoms with Crippen molar-refractivity contribution in [3.8, 4) is 0 Å². The minimum atomic E-state index is -3.62. The van der Waals surface area contributed by atoms with Gasteiger partial charge in [-0.25, -0.2) is 17.9 Å². The van der Waals surface area contributed by atoms with Crippen LogP contribution in [0.3, 0.4) is 0 Å². The Morgan fingerprint density at radius 1 is 1.11 bits per heavy atom. The summed E-state index contributed by atoms with van der Waals surface area (Å²) in [7, 11) is -3.62. The first-order valence-corrected chi connectivity index (χ1v) is 13.8. The topological polar surface area (TPSA) is 110 Å². The minimum absolute atomic E-state index is 0.0884. The number of nitrogens with one attached hydrogen (secondary N) is 2. The molecular formula is C26H31N3O5S. The van der Waals surface area contributed by atoms with Gasteiger partial charge >= 0.3 is 5.76 Å². The Kier molecular flexibility index (Phi) is 6.55. The molecule has 1 amide bonds. The number of fused-ring (bicyclic) bond motifs is 3. The van der Waals surface area contributed by atoms with Gasteiger partial charge in [-0.3, -0.25) is 9.36 Å². The fourth-order valence-electron chi connectivity index (χ4n) is 5.87. The molecule has 1 aromatic heterocycles. The Morgan fingerprint density at radius 2 is 1.89 bits per heavy atom. The number of para-hydroxylation sites is 2. The zero-order valence-corrected chi connectivity index (χ0v) is 20.6. The van der Waals surface area contributed by atoms with Gasteiger partial charge in [-0.1, -0.05) is 18.6 Å². The van der Waals surface area contributed by atoms with Gasteiger partial charge in [0.2, 0.25) is 15.9 Å². The fourth-order valence-corrected chi connectivity index (χ4v) is 7.17. The second kappa shape index (κ2) is 9.62. The normalized spacial score (nSPS) is 22.5. The van der Waals surface area contributed by atoms with E-state index in [1.54, 1.807) is 24.3 Å². The number of nitrogens with zero attached hydrogens (tertiary/aromatic N) is 1. The summed E-state index contributed by atoms with van der Waals surface area (Å²) in [4.78, 5) is 24.6. The number of amides is 1. The molecule has 0 saturated heterocycles. The van der Waals surface area contributed by atoms with Gasteiger partial charge < -0.3 is 9.73 Å². The number of hydrogen-bond donors (Lipinski definition) is 2. The Morgan fingerprint density at radius 3 is 2.60 bits per heavy atom. The van der Waals surface area contributed by atoms with Crippen molar-refractivity contribution in [3.05, 3.63) is 59.1 Å². The van der Waals surface area contributed by atoms with Gasteiger partial charge in [0.25, 0.3) is 0 Å². The third kappa shape index (κ3) is 5.06. The van der Waals surface area contributed by atoms with Crippen molar-refractivity contribution in [2.75, 3.05) is 5.32 Å². The number of oxazole rings is 1. The van der Waals surface area contributed by atoms with Gasteiger partial charge in [0.1, 0.15) is 0 Å². The molecule has 4 atom stereocenters. The number of aryl methyl sites for hydroxylation is 1. The summed E-state index contributed by atoms with van der Waals surface area (Å²) in [6, 6.07) is 13.3. The number of aromatic nitrogens is 1. The highest BCUT2D eigenvalue weighted by molar-refractivity contribution is 7.89. The molecule has 8 nitrogen and oxygen atoms in total. The van der Waals surface area contributed by atoms with Crippen LogP contribution in [0.4, 0.5) is 5.69 Å². The standard InChI is InChI=1S/C26H31N3O5S/c1-17(22-16-18-8-9-19(22)15-18)28-35(32,33)21-12-10-20(11-13-21)27-25(30)7-4-14-29-23-5-2-3-6-24(23)34-26(29)31/h2-3,5-6,10-13,17-19,22,28H,4,7-9,14-16H2,1H3,(H,27,30)/t17-,18+,19+,22-/m1/s1. The van der Waals surface area contributed by atoms with Gasteiger partial charge in [-0.2, -0.15) is 0 Å². The highest BCUT2D eigenvalue weighted by atomic mass is 32.2. The molecule has 0 radical (unpaired) electrons. The number of carbonyl (C=O) groups is 1. The Hall–Kier alpha value is -2.91. The Labute approximate surface area is 204 Å². The molecule has 2 N–H and O–H groups in total. The summed E-state index contributed by atoms with van der Waals surface area (Å²) in [5, 5.41) is 2.79. The van der Waals surface area contributed by atoms with E-state index < -0.39 is 15.8 Å². The Balaban J connectivity index is 1.13. The zero-order valence-electron chi connectivity index (χ0n) is 19.8. The maximum atomic E-state index is 12.9. The molecule has 9 heteroatoms. The van der Waals surface area contributed by atoms with Crippen LogP contribution in [0.5, 0.6) is 0 Å². The number of hydrogen-bond acceptors (Lipinski definition) is 5. The van der Waals surface area contributed by atoms with Gasteiger partial charge in [0, 0.05) is 24.7 Å². The maximum Gasteiger partial charge on any atom is 0.419 e. The largest absolute Gasteiger partial charge is 0.419 e. The maximum absolute atomic E-state index is 12.9. The third-order valence-electron chi connectivity index (χ3n) is 7.58. The minimum Gasteiger partial charge on any atom is -0.408 e. The highest BCUT2D eigenvalue weighted by Crippen LogP contribution is 2.49. The van der Waals surface area contributed by atoms with Crippen LogP contribution in [0.25, 0.3) is 11.1 Å². The number of sulfonamides is 1. The lowest BCUT2D eigenvalue weighted by molar-refractivity contribution is -0.116. The van der Waals surface area contributed by atoms with E-state index in [-0.39, 0.29) is 23.3 Å². The van der Waals surface area contributed by atoms with Crippen molar-refractivity contribution < 1.29 is 17.6 Å². The highest BCUT2D eigenvalue weighted by Gasteiger charge is 2.42. The van der Waals surface area contributed by atoms with E-state index in [0.717, 1.165) is 12.3 Å². The van der Waals surface area contributed by atoms with Crippen LogP contribution in [-0.2, 0) is 21.4 Å². The van der Waals surface area contributed by atoms with Gasteiger partial charge in [0.15, 0.2) is 5.58 Å². The van der Waals surface area contributed by atoms with Crippen molar-refractivity contribution >= 4 is 32.7 Å². The van der Waals surface area contributed by atoms with Crippen LogP contribution < -0.4 is 15.8 Å². The van der Waals surface area contributed by atoms with E-state index >= 15 is 0 Å². The van der Waals surface area contributed by atoms with Crippen molar-refractivity contribution in [2.45, 2.75) is 62.9 Å². The number of carbonyl (C=O) groups excluding carboxylic acids is 1. The lowest BCUT2D eigenvalue weighted by Crippen LogP contribution is -2.40. The monoisotopic (exact) mass is 497 g/mol. The molecule has 3 aromatic rings. The average molecular weight is 498 g/mol. The van der Waals surface area contributed by atoms with E-state index in [4.69, 9.17) is 4.42 Å². The van der Waals surface area contributed by atoms with Crippen molar-refractivity contribution in [1.82, 2.24) is 9.29 Å². The van der Waals surface area contributed by atoms with E-state index in [9.17, 15) is 18.0 Å². The smallest absolute Gasteiger partial charge is 0.408 e. The van der Waals surface area contributed by atoms with Gasteiger partial charge in [-0.05, 0) is 86.8 Å². The van der Waals surface area contributed by atoms with Gasteiger partial charge in [-0.15, -0.1) is 0 Å². The van der Waals surface area contributed by atoms with Crippen LogP contribution in [0, 0.1) is 17.8 Å². The van der Waals surface area contributed by atoms with Gasteiger partial charge in [0.05, 0.1) is 10.4 Å². The molecule has 0 aliphatic heterocycles. The zero-order chi connectivity index (χ0) is 24.6. The van der Waals surface area contributed by atoms with Crippen molar-refractivity contribution in [2.24, 2.45) is 17.8 Å². The summed E-state index contributed by atoms with van der Waals surface area (Å²) in [6.45, 7) is 2.34. The molecule has 2 bridgehead atoms. The van der Waals surface area contributed by atoms with E-state index in [1.807, 2.05) is 19.1 Å². The molecule has 186 valence electrons. The molecule has 2 saturated carbocycles. The van der Waals surface area contributed by atoms with Crippen molar-refractivity contribution in [3.63, 3.8) is 0 Å². The summed E-state index contributed by atoms with van der Waals surface area (Å²) < 4.78 is 35.4. The fraction of sp³-hybridized carbons (Fsp3) is 0.462. The number of rotatable bonds is 9. The van der Waals surface area contributed by atoms with Crippen LogP contribution in [0.2, 0.25) is 0 Å². The van der Waals surface area contributed by atoms with E-state index in [2.05, 4.69) is 10.0 Å². The second-order valence-corrected chi connectivity index (χ2v) is 11.6. The lowest BCUT2D eigenvalue weighted by atomic mass is 9.84. The van der Waals surface area contributed by atoms with Crippen LogP contribution in [0.1, 0.15) is 45.4 Å². The average Bonchev–Trinajstić information content (AvgIpc) is 3.54. The second-order valence-electron chi connectivity index (χ2n) is 9.91. The molecule has 2 aliphatic carbocycles. The first-order chi connectivity index (χ1) is 16.8. The molecule has 0 spiro atoms. The molecule has 35 heavy (non-hydrogen) atoms. The SMILES string of the molecule is C[C@@H](NS(=O)(=O)c1ccc(NC(=O)CCCn2c(=O)oc3ccccc32)cc1)[C@H]1C[C@H]2CC[C@H]1C2. The molecule has 2 aromatic carbocycles. The van der Waals surface area contributed by atoms with Crippen molar-refractivity contribution in [1.29, 1.82) is 0 Å². The molecule has 1 heterocycles. The Bertz CT molecular complexity index is 1380. The molecule has 5 rings (SSSR count). The summed E-state index contributed by atoms with van der Waals surface area (Å²) in [5.74, 6) is 1.18. The van der Waals surface area contributed by atoms with Crippen LogP contribution >= 0.6 is 0 Å². The summed E-state index contributed by atoms with van der Waals surface area (Å²) >= 11 is 0. The van der Waals surface area contributed by atoms with Crippen LogP contribution in [0.15, 0.2) is 62.6 Å². The quantitative estimate of drug-likeness (QED) is 0.462. The van der Waals surface area contributed by atoms with Crippen LogP contribution in [-0.4, -0.2) is 24.9 Å².